The van der Waals surface area contributed by atoms with Crippen LogP contribution in [0, 0.1) is 0 Å². The van der Waals surface area contributed by atoms with E-state index < -0.39 is 0 Å². The normalized spacial score (nSPS) is 11.1. The highest BCUT2D eigenvalue weighted by Crippen LogP contribution is 2.21. The van der Waals surface area contributed by atoms with Crippen molar-refractivity contribution in [2.45, 2.75) is 13.0 Å². The molecule has 4 aromatic rings. The maximum atomic E-state index is 12.6. The number of hydrogen-bond donors (Lipinski definition) is 2. The Morgan fingerprint density at radius 2 is 1.90 bits per heavy atom. The average Bonchev–Trinajstić information content (AvgIpc) is 3.12. The van der Waals surface area contributed by atoms with E-state index in [0.717, 1.165) is 22.4 Å². The number of carbonyl (C=O) groups is 1. The lowest BCUT2D eigenvalue weighted by molar-refractivity contribution is -0.121. The van der Waals surface area contributed by atoms with Gasteiger partial charge in [-0.3, -0.25) is 4.79 Å². The van der Waals surface area contributed by atoms with Gasteiger partial charge in [0, 0.05) is 12.0 Å². The van der Waals surface area contributed by atoms with Gasteiger partial charge in [0.1, 0.15) is 23.9 Å². The smallest absolute Gasteiger partial charge is 0.260 e. The van der Waals surface area contributed by atoms with Crippen LogP contribution in [0.3, 0.4) is 0 Å². The number of imidazole rings is 1. The first-order valence-corrected chi connectivity index (χ1v) is 9.81. The molecule has 0 aliphatic carbocycles. The largest absolute Gasteiger partial charge is 0.507 e. The zero-order chi connectivity index (χ0) is 21.6. The second-order valence-corrected chi connectivity index (χ2v) is 6.98. The van der Waals surface area contributed by atoms with Crippen molar-refractivity contribution in [3.05, 3.63) is 89.7 Å². The molecular formula is C24H22N4O3. The number of phenols is 1. The zero-order valence-electron chi connectivity index (χ0n) is 17.0. The third kappa shape index (κ3) is 4.72. The Bertz CT molecular complexity index is 1230. The Balaban J connectivity index is 1.52. The van der Waals surface area contributed by atoms with E-state index in [-0.39, 0.29) is 18.2 Å². The van der Waals surface area contributed by atoms with E-state index in [9.17, 15) is 9.90 Å². The van der Waals surface area contributed by atoms with Crippen LogP contribution in [0.4, 0.5) is 0 Å². The fourth-order valence-electron chi connectivity index (χ4n) is 3.33. The summed E-state index contributed by atoms with van der Waals surface area (Å²) in [6.45, 7) is 0.0735. The number of para-hydroxylation sites is 2. The minimum absolute atomic E-state index is 0.0459. The molecule has 4 rings (SSSR count). The topological polar surface area (TPSA) is 88.7 Å². The molecule has 0 aliphatic rings. The molecule has 0 saturated carbocycles. The lowest BCUT2D eigenvalue weighted by Crippen LogP contribution is -2.24. The molecule has 156 valence electrons. The van der Waals surface area contributed by atoms with Crippen molar-refractivity contribution in [1.29, 1.82) is 0 Å². The summed E-state index contributed by atoms with van der Waals surface area (Å²) in [5, 5.41) is 13.9. The maximum Gasteiger partial charge on any atom is 0.260 e. The molecule has 0 radical (unpaired) electrons. The Kier molecular flexibility index (Phi) is 5.93. The molecule has 0 unspecified atom stereocenters. The van der Waals surface area contributed by atoms with Crippen LogP contribution in [0.25, 0.3) is 11.0 Å². The Morgan fingerprint density at radius 1 is 1.13 bits per heavy atom. The quantitative estimate of drug-likeness (QED) is 0.358. The van der Waals surface area contributed by atoms with Gasteiger partial charge < -0.3 is 14.4 Å². The van der Waals surface area contributed by atoms with Crippen LogP contribution in [0.5, 0.6) is 11.5 Å². The summed E-state index contributed by atoms with van der Waals surface area (Å²) in [4.78, 5) is 17.3. The minimum atomic E-state index is -0.295. The summed E-state index contributed by atoms with van der Waals surface area (Å²) in [5.74, 6) is 1.14. The van der Waals surface area contributed by atoms with Gasteiger partial charge >= 0.3 is 0 Å². The van der Waals surface area contributed by atoms with Crippen LogP contribution in [0.15, 0.2) is 77.9 Å². The second kappa shape index (κ2) is 9.13. The summed E-state index contributed by atoms with van der Waals surface area (Å²) in [5.41, 5.74) is 5.80. The number of hydrazone groups is 1. The Labute approximate surface area is 179 Å². The third-order valence-electron chi connectivity index (χ3n) is 4.87. The third-order valence-corrected chi connectivity index (χ3v) is 4.87. The SMILES string of the molecule is COc1ccc(O)c(C=NNC(=O)Cn2c(Cc3ccccc3)nc3ccccc32)c1. The van der Waals surface area contributed by atoms with Crippen molar-refractivity contribution >= 4 is 23.2 Å². The minimum Gasteiger partial charge on any atom is -0.507 e. The van der Waals surface area contributed by atoms with E-state index in [1.165, 1.54) is 19.4 Å². The highest BCUT2D eigenvalue weighted by Gasteiger charge is 2.14. The number of phenolic OH excluding ortho intramolecular Hbond substituents is 1. The number of rotatable bonds is 7. The molecule has 1 heterocycles. The van der Waals surface area contributed by atoms with Crippen LogP contribution in [0.2, 0.25) is 0 Å². The molecule has 7 heteroatoms. The first-order chi connectivity index (χ1) is 15.1. The molecule has 0 atom stereocenters. The predicted molar refractivity (Wildman–Crippen MR) is 119 cm³/mol. The van der Waals surface area contributed by atoms with E-state index in [4.69, 9.17) is 9.72 Å². The van der Waals surface area contributed by atoms with Gasteiger partial charge in [0.05, 0.1) is 24.4 Å². The number of fused-ring (bicyclic) bond motifs is 1. The number of ether oxygens (including phenoxy) is 1. The van der Waals surface area contributed by atoms with Gasteiger partial charge in [0.15, 0.2) is 0 Å². The molecular weight excluding hydrogens is 392 g/mol. The molecule has 1 aromatic heterocycles. The molecule has 0 spiro atoms. The number of aromatic hydroxyl groups is 1. The molecule has 7 nitrogen and oxygen atoms in total. The van der Waals surface area contributed by atoms with Crippen LogP contribution in [0.1, 0.15) is 17.0 Å². The first-order valence-electron chi connectivity index (χ1n) is 9.81. The fourth-order valence-corrected chi connectivity index (χ4v) is 3.33. The fraction of sp³-hybridized carbons (Fsp3) is 0.125. The van der Waals surface area contributed by atoms with Crippen LogP contribution in [-0.4, -0.2) is 33.9 Å². The molecule has 0 saturated heterocycles. The number of methoxy groups -OCH3 is 1. The predicted octanol–water partition coefficient (Wildman–Crippen LogP) is 3.49. The lowest BCUT2D eigenvalue weighted by Gasteiger charge is -2.08. The summed E-state index contributed by atoms with van der Waals surface area (Å²) >= 11 is 0. The second-order valence-electron chi connectivity index (χ2n) is 6.98. The summed E-state index contributed by atoms with van der Waals surface area (Å²) in [6, 6.07) is 22.5. The number of nitrogens with zero attached hydrogens (tertiary/aromatic N) is 3. The highest BCUT2D eigenvalue weighted by atomic mass is 16.5. The van der Waals surface area contributed by atoms with E-state index in [1.54, 1.807) is 12.1 Å². The number of hydrogen-bond acceptors (Lipinski definition) is 5. The van der Waals surface area contributed by atoms with Gasteiger partial charge in [-0.25, -0.2) is 10.4 Å². The number of carbonyl (C=O) groups excluding carboxylic acids is 1. The number of amides is 1. The van der Waals surface area contributed by atoms with Crippen molar-refractivity contribution in [1.82, 2.24) is 15.0 Å². The molecule has 0 aliphatic heterocycles. The van der Waals surface area contributed by atoms with Gasteiger partial charge in [0.2, 0.25) is 0 Å². The molecule has 0 fully saturated rings. The van der Waals surface area contributed by atoms with E-state index in [1.807, 2.05) is 59.2 Å². The van der Waals surface area contributed by atoms with Gasteiger partial charge in [-0.05, 0) is 35.9 Å². The monoisotopic (exact) mass is 414 g/mol. The number of benzene rings is 3. The van der Waals surface area contributed by atoms with E-state index >= 15 is 0 Å². The van der Waals surface area contributed by atoms with Crippen molar-refractivity contribution in [2.75, 3.05) is 7.11 Å². The standard InChI is InChI=1S/C24H22N4O3/c1-31-19-11-12-22(29)18(14-19)15-25-27-24(30)16-28-21-10-6-5-9-20(21)26-23(28)13-17-7-3-2-4-8-17/h2-12,14-15,29H,13,16H2,1H3,(H,27,30). The number of aromatic nitrogens is 2. The van der Waals surface area contributed by atoms with Crippen molar-refractivity contribution in [2.24, 2.45) is 5.10 Å². The van der Waals surface area contributed by atoms with Gasteiger partial charge in [0.25, 0.3) is 5.91 Å². The Hall–Kier alpha value is -4.13. The summed E-state index contributed by atoms with van der Waals surface area (Å²) in [6.07, 6.45) is 2.00. The van der Waals surface area contributed by atoms with Crippen molar-refractivity contribution in [3.8, 4) is 11.5 Å². The maximum absolute atomic E-state index is 12.6. The molecule has 1 amide bonds. The van der Waals surface area contributed by atoms with Crippen LogP contribution >= 0.6 is 0 Å². The van der Waals surface area contributed by atoms with E-state index in [0.29, 0.717) is 17.7 Å². The van der Waals surface area contributed by atoms with Crippen LogP contribution < -0.4 is 10.2 Å². The van der Waals surface area contributed by atoms with Gasteiger partial charge in [-0.1, -0.05) is 42.5 Å². The number of nitrogens with one attached hydrogen (secondary N) is 1. The highest BCUT2D eigenvalue weighted by molar-refractivity contribution is 5.86. The van der Waals surface area contributed by atoms with Gasteiger partial charge in [-0.2, -0.15) is 5.10 Å². The zero-order valence-corrected chi connectivity index (χ0v) is 17.0. The molecule has 2 N–H and O–H groups in total. The average molecular weight is 414 g/mol. The van der Waals surface area contributed by atoms with Crippen molar-refractivity contribution < 1.29 is 14.6 Å². The van der Waals surface area contributed by atoms with Crippen LogP contribution in [-0.2, 0) is 17.8 Å². The van der Waals surface area contributed by atoms with Crippen molar-refractivity contribution in [3.63, 3.8) is 0 Å². The summed E-state index contributed by atoms with van der Waals surface area (Å²) in [7, 11) is 1.54. The van der Waals surface area contributed by atoms with E-state index in [2.05, 4.69) is 10.5 Å². The Morgan fingerprint density at radius 3 is 2.71 bits per heavy atom. The lowest BCUT2D eigenvalue weighted by atomic mass is 10.1. The molecule has 0 bridgehead atoms. The van der Waals surface area contributed by atoms with Gasteiger partial charge in [-0.15, -0.1) is 0 Å². The molecule has 31 heavy (non-hydrogen) atoms. The first kappa shape index (κ1) is 20.2. The molecule has 3 aromatic carbocycles. The summed E-state index contributed by atoms with van der Waals surface area (Å²) < 4.78 is 7.04.